The zero-order chi connectivity index (χ0) is 13.8. The minimum absolute atomic E-state index is 0.355. The quantitative estimate of drug-likeness (QED) is 0.784. The summed E-state index contributed by atoms with van der Waals surface area (Å²) in [5, 5.41) is 0.881. The van der Waals surface area contributed by atoms with Crippen LogP contribution in [0.15, 0.2) is 53.7 Å². The molecule has 0 radical (unpaired) electrons. The summed E-state index contributed by atoms with van der Waals surface area (Å²) in [4.78, 5) is 21.5. The molecule has 0 aliphatic carbocycles. The van der Waals surface area contributed by atoms with Crippen molar-refractivity contribution >= 4 is 10.9 Å². The fourth-order valence-corrected chi connectivity index (χ4v) is 1.96. The van der Waals surface area contributed by atoms with Gasteiger partial charge >= 0.3 is 5.69 Å². The van der Waals surface area contributed by atoms with Gasteiger partial charge < -0.3 is 9.72 Å². The highest BCUT2D eigenvalue weighted by atomic mass is 16.5. The Balaban J connectivity index is 1.70. The van der Waals surface area contributed by atoms with Crippen molar-refractivity contribution in [1.82, 2.24) is 15.0 Å². The Hall–Kier alpha value is -2.69. The lowest BCUT2D eigenvalue weighted by molar-refractivity contribution is 0.322. The smallest absolute Gasteiger partial charge is 0.345 e. The first-order valence-corrected chi connectivity index (χ1v) is 6.32. The van der Waals surface area contributed by atoms with Crippen molar-refractivity contribution in [2.75, 3.05) is 6.61 Å². The van der Waals surface area contributed by atoms with Crippen molar-refractivity contribution < 1.29 is 4.74 Å². The average molecular weight is 267 g/mol. The van der Waals surface area contributed by atoms with Gasteiger partial charge in [0.25, 0.3) is 0 Å². The minimum atomic E-state index is -0.355. The van der Waals surface area contributed by atoms with Gasteiger partial charge in [0, 0.05) is 36.5 Å². The first-order chi connectivity index (χ1) is 9.81. The van der Waals surface area contributed by atoms with Crippen LogP contribution >= 0.6 is 0 Å². The van der Waals surface area contributed by atoms with Crippen LogP contribution in [0.2, 0.25) is 0 Å². The van der Waals surface area contributed by atoms with Gasteiger partial charge in [0.1, 0.15) is 5.75 Å². The summed E-state index contributed by atoms with van der Waals surface area (Å²) in [5.74, 6) is 0.730. The number of pyridine rings is 1. The molecule has 0 aliphatic rings. The van der Waals surface area contributed by atoms with Gasteiger partial charge in [-0.2, -0.15) is 0 Å². The Morgan fingerprint density at radius 2 is 2.00 bits per heavy atom. The fourth-order valence-electron chi connectivity index (χ4n) is 1.96. The second kappa shape index (κ2) is 5.52. The number of H-pyrrole nitrogens is 1. The van der Waals surface area contributed by atoms with Crippen molar-refractivity contribution in [1.29, 1.82) is 0 Å². The average Bonchev–Trinajstić information content (AvgIpc) is 2.48. The molecule has 0 spiro atoms. The maximum absolute atomic E-state index is 11.2. The van der Waals surface area contributed by atoms with Crippen LogP contribution in [-0.2, 0) is 6.42 Å². The highest BCUT2D eigenvalue weighted by molar-refractivity contribution is 5.78. The second-order valence-electron chi connectivity index (χ2n) is 4.39. The third-order valence-electron chi connectivity index (χ3n) is 3.00. The first-order valence-electron chi connectivity index (χ1n) is 6.32. The molecule has 0 saturated carbocycles. The fraction of sp³-hybridized carbons (Fsp3) is 0.133. The van der Waals surface area contributed by atoms with E-state index in [4.69, 9.17) is 4.74 Å². The SMILES string of the molecule is O=c1ncc2ccc(OCCc3ccncc3)cc2[nH]1. The summed E-state index contributed by atoms with van der Waals surface area (Å²) in [5.41, 5.74) is 1.55. The van der Waals surface area contributed by atoms with E-state index in [1.807, 2.05) is 30.3 Å². The molecule has 2 heterocycles. The van der Waals surface area contributed by atoms with Crippen molar-refractivity contribution in [3.63, 3.8) is 0 Å². The maximum atomic E-state index is 11.2. The minimum Gasteiger partial charge on any atom is -0.493 e. The van der Waals surface area contributed by atoms with Crippen molar-refractivity contribution in [3.05, 3.63) is 65.0 Å². The van der Waals surface area contributed by atoms with Gasteiger partial charge in [0.2, 0.25) is 0 Å². The molecule has 0 amide bonds. The van der Waals surface area contributed by atoms with Gasteiger partial charge in [-0.05, 0) is 29.8 Å². The molecule has 0 atom stereocenters. The van der Waals surface area contributed by atoms with E-state index in [2.05, 4.69) is 15.0 Å². The molecule has 0 unspecified atom stereocenters. The molecule has 5 heteroatoms. The van der Waals surface area contributed by atoms with Crippen molar-refractivity contribution in [3.8, 4) is 5.75 Å². The number of nitrogens with one attached hydrogen (secondary N) is 1. The molecular weight excluding hydrogens is 254 g/mol. The molecule has 1 aromatic carbocycles. The molecule has 20 heavy (non-hydrogen) atoms. The molecule has 0 aliphatic heterocycles. The monoisotopic (exact) mass is 267 g/mol. The summed E-state index contributed by atoms with van der Waals surface area (Å²) in [6.45, 7) is 0.574. The molecule has 5 nitrogen and oxygen atoms in total. The Labute approximate surface area is 115 Å². The van der Waals surface area contributed by atoms with E-state index >= 15 is 0 Å². The Morgan fingerprint density at radius 1 is 1.15 bits per heavy atom. The number of benzene rings is 1. The Kier molecular flexibility index (Phi) is 3.41. The lowest BCUT2D eigenvalue weighted by atomic mass is 10.2. The van der Waals surface area contributed by atoms with Gasteiger partial charge in [0.05, 0.1) is 12.1 Å². The third-order valence-corrected chi connectivity index (χ3v) is 3.00. The van der Waals surface area contributed by atoms with Crippen molar-refractivity contribution in [2.45, 2.75) is 6.42 Å². The summed E-state index contributed by atoms with van der Waals surface area (Å²) in [7, 11) is 0. The predicted octanol–water partition coefficient (Wildman–Crippen LogP) is 1.94. The molecule has 0 bridgehead atoms. The molecule has 3 aromatic rings. The number of fused-ring (bicyclic) bond motifs is 1. The molecule has 3 rings (SSSR count). The van der Waals surface area contributed by atoms with Crippen LogP contribution in [0.1, 0.15) is 5.56 Å². The van der Waals surface area contributed by atoms with Crippen molar-refractivity contribution in [2.24, 2.45) is 0 Å². The highest BCUT2D eigenvalue weighted by Crippen LogP contribution is 2.17. The molecule has 0 saturated heterocycles. The predicted molar refractivity (Wildman–Crippen MR) is 75.8 cm³/mol. The summed E-state index contributed by atoms with van der Waals surface area (Å²) in [6, 6.07) is 9.49. The first kappa shape index (κ1) is 12.3. The summed E-state index contributed by atoms with van der Waals surface area (Å²) in [6.07, 6.45) is 5.90. The normalized spacial score (nSPS) is 10.6. The molecule has 1 N–H and O–H groups in total. The van der Waals surface area contributed by atoms with Crippen LogP contribution in [0, 0.1) is 0 Å². The second-order valence-corrected chi connectivity index (χ2v) is 4.39. The topological polar surface area (TPSA) is 67.9 Å². The molecule has 100 valence electrons. The van der Waals surface area contributed by atoms with E-state index in [9.17, 15) is 4.79 Å². The van der Waals surface area contributed by atoms with Crippen LogP contribution in [0.3, 0.4) is 0 Å². The highest BCUT2D eigenvalue weighted by Gasteiger charge is 1.99. The summed E-state index contributed by atoms with van der Waals surface area (Å²) >= 11 is 0. The third kappa shape index (κ3) is 2.83. The van der Waals surface area contributed by atoms with E-state index in [0.717, 1.165) is 23.1 Å². The van der Waals surface area contributed by atoms with Crippen LogP contribution in [0.4, 0.5) is 0 Å². The number of nitrogens with zero attached hydrogens (tertiary/aromatic N) is 2. The van der Waals surface area contributed by atoms with E-state index in [0.29, 0.717) is 6.61 Å². The molecule has 0 fully saturated rings. The van der Waals surface area contributed by atoms with E-state index < -0.39 is 0 Å². The van der Waals surface area contributed by atoms with Crippen LogP contribution in [-0.4, -0.2) is 21.6 Å². The van der Waals surface area contributed by atoms with Crippen LogP contribution in [0.25, 0.3) is 10.9 Å². The van der Waals surface area contributed by atoms with Gasteiger partial charge in [-0.25, -0.2) is 9.78 Å². The number of aromatic nitrogens is 3. The zero-order valence-corrected chi connectivity index (χ0v) is 10.7. The lowest BCUT2D eigenvalue weighted by Crippen LogP contribution is -2.08. The standard InChI is InChI=1S/C15H13N3O2/c19-15-17-10-12-1-2-13(9-14(12)18-15)20-8-5-11-3-6-16-7-4-11/h1-4,6-7,9-10H,5,8H2,(H,17,18,19). The van der Waals surface area contributed by atoms with E-state index in [1.54, 1.807) is 18.6 Å². The van der Waals surface area contributed by atoms with Gasteiger partial charge in [-0.3, -0.25) is 4.98 Å². The number of hydrogen-bond donors (Lipinski definition) is 1. The number of aromatic amines is 1. The Morgan fingerprint density at radius 3 is 2.85 bits per heavy atom. The largest absolute Gasteiger partial charge is 0.493 e. The molecular formula is C15H13N3O2. The number of rotatable bonds is 4. The van der Waals surface area contributed by atoms with Gasteiger partial charge in [0.15, 0.2) is 0 Å². The van der Waals surface area contributed by atoms with Gasteiger partial charge in [-0.1, -0.05) is 0 Å². The zero-order valence-electron chi connectivity index (χ0n) is 10.7. The maximum Gasteiger partial charge on any atom is 0.345 e. The van der Waals surface area contributed by atoms with Gasteiger partial charge in [-0.15, -0.1) is 0 Å². The lowest BCUT2D eigenvalue weighted by Gasteiger charge is -2.07. The number of ether oxygens (including phenoxy) is 1. The molecule has 2 aromatic heterocycles. The number of hydrogen-bond acceptors (Lipinski definition) is 4. The van der Waals surface area contributed by atoms with E-state index in [-0.39, 0.29) is 5.69 Å². The van der Waals surface area contributed by atoms with E-state index in [1.165, 1.54) is 5.56 Å². The van der Waals surface area contributed by atoms with Crippen LogP contribution < -0.4 is 10.4 Å². The summed E-state index contributed by atoms with van der Waals surface area (Å²) < 4.78 is 5.70. The Bertz CT molecular complexity index is 769. The van der Waals surface area contributed by atoms with Crippen LogP contribution in [0.5, 0.6) is 5.75 Å².